The second-order valence-corrected chi connectivity index (χ2v) is 4.53. The van der Waals surface area contributed by atoms with Gasteiger partial charge < -0.3 is 15.7 Å². The molecule has 1 aromatic carbocycles. The zero-order valence-electron chi connectivity index (χ0n) is 10.3. The number of nitrogens with one attached hydrogen (secondary N) is 2. The standard InChI is InChI=1S/C13H15FN2O3/c14-10-4-3-8(13(18)19)6-11(10)16-12(17)9-2-1-5-15-7-9/h3-4,6,9,15H,1-2,5,7H2,(H,16,17)(H,18,19)/t9-/m0/s1. The van der Waals surface area contributed by atoms with E-state index in [1.54, 1.807) is 0 Å². The van der Waals surface area contributed by atoms with E-state index in [2.05, 4.69) is 10.6 Å². The molecular weight excluding hydrogens is 251 g/mol. The van der Waals surface area contributed by atoms with Crippen LogP contribution in [0.3, 0.4) is 0 Å². The number of carboxylic acid groups (broad SMARTS) is 1. The van der Waals surface area contributed by atoms with E-state index in [9.17, 15) is 14.0 Å². The number of hydrogen-bond donors (Lipinski definition) is 3. The van der Waals surface area contributed by atoms with Gasteiger partial charge in [0.05, 0.1) is 17.2 Å². The van der Waals surface area contributed by atoms with E-state index in [0.717, 1.165) is 37.6 Å². The molecule has 1 aromatic rings. The van der Waals surface area contributed by atoms with Gasteiger partial charge in [0.25, 0.3) is 0 Å². The maximum atomic E-state index is 13.5. The lowest BCUT2D eigenvalue weighted by atomic mass is 9.98. The average Bonchev–Trinajstić information content (AvgIpc) is 2.42. The Hall–Kier alpha value is -1.95. The van der Waals surface area contributed by atoms with Crippen molar-refractivity contribution >= 4 is 17.6 Å². The lowest BCUT2D eigenvalue weighted by Crippen LogP contribution is -2.37. The molecule has 102 valence electrons. The predicted molar refractivity (Wildman–Crippen MR) is 67.6 cm³/mol. The molecule has 1 aliphatic heterocycles. The van der Waals surface area contributed by atoms with Gasteiger partial charge in [-0.3, -0.25) is 4.79 Å². The topological polar surface area (TPSA) is 78.4 Å². The van der Waals surface area contributed by atoms with Crippen LogP contribution in [0.2, 0.25) is 0 Å². The van der Waals surface area contributed by atoms with Crippen molar-refractivity contribution < 1.29 is 19.1 Å². The highest BCUT2D eigenvalue weighted by atomic mass is 19.1. The molecule has 0 spiro atoms. The smallest absolute Gasteiger partial charge is 0.335 e. The van der Waals surface area contributed by atoms with Gasteiger partial charge in [0, 0.05) is 6.54 Å². The molecule has 5 nitrogen and oxygen atoms in total. The minimum Gasteiger partial charge on any atom is -0.478 e. The number of carbonyl (C=O) groups is 2. The molecule has 3 N–H and O–H groups in total. The minimum absolute atomic E-state index is 0.0570. The molecule has 6 heteroatoms. The number of aromatic carboxylic acids is 1. The first-order valence-electron chi connectivity index (χ1n) is 6.12. The number of carboxylic acids is 1. The quantitative estimate of drug-likeness (QED) is 0.774. The number of halogens is 1. The summed E-state index contributed by atoms with van der Waals surface area (Å²) in [5.74, 6) is -2.28. The molecule has 0 unspecified atom stereocenters. The molecule has 0 aliphatic carbocycles. The summed E-state index contributed by atoms with van der Waals surface area (Å²) in [6.07, 6.45) is 1.65. The van der Waals surface area contributed by atoms with E-state index in [4.69, 9.17) is 5.11 Å². The fraction of sp³-hybridized carbons (Fsp3) is 0.385. The number of benzene rings is 1. The molecule has 1 aliphatic rings. The molecule has 1 amide bonds. The number of piperidine rings is 1. The zero-order chi connectivity index (χ0) is 13.8. The summed E-state index contributed by atoms with van der Waals surface area (Å²) in [5, 5.41) is 14.4. The van der Waals surface area contributed by atoms with Crippen LogP contribution in [-0.2, 0) is 4.79 Å². The summed E-state index contributed by atoms with van der Waals surface area (Å²) in [7, 11) is 0. The molecule has 1 atom stereocenters. The van der Waals surface area contributed by atoms with Gasteiger partial charge in [0.2, 0.25) is 5.91 Å². The average molecular weight is 266 g/mol. The highest BCUT2D eigenvalue weighted by molar-refractivity contribution is 5.95. The fourth-order valence-corrected chi connectivity index (χ4v) is 2.06. The largest absolute Gasteiger partial charge is 0.478 e. The van der Waals surface area contributed by atoms with Crippen LogP contribution in [0.15, 0.2) is 18.2 Å². The van der Waals surface area contributed by atoms with Crippen molar-refractivity contribution in [3.8, 4) is 0 Å². The van der Waals surface area contributed by atoms with Crippen LogP contribution in [0.1, 0.15) is 23.2 Å². The first-order valence-corrected chi connectivity index (χ1v) is 6.12. The van der Waals surface area contributed by atoms with Crippen LogP contribution >= 0.6 is 0 Å². The Morgan fingerprint density at radius 1 is 1.42 bits per heavy atom. The second kappa shape index (κ2) is 5.79. The third kappa shape index (κ3) is 3.29. The molecule has 0 radical (unpaired) electrons. The molecule has 0 saturated carbocycles. The molecular formula is C13H15FN2O3. The van der Waals surface area contributed by atoms with E-state index < -0.39 is 11.8 Å². The third-order valence-corrected chi connectivity index (χ3v) is 3.14. The zero-order valence-corrected chi connectivity index (χ0v) is 10.3. The predicted octanol–water partition coefficient (Wildman–Crippen LogP) is 1.46. The molecule has 1 saturated heterocycles. The Morgan fingerprint density at radius 2 is 2.21 bits per heavy atom. The summed E-state index contributed by atoms with van der Waals surface area (Å²) >= 11 is 0. The number of carbonyl (C=O) groups excluding carboxylic acids is 1. The van der Waals surface area contributed by atoms with Gasteiger partial charge >= 0.3 is 5.97 Å². The maximum Gasteiger partial charge on any atom is 0.335 e. The highest BCUT2D eigenvalue weighted by Crippen LogP contribution is 2.19. The van der Waals surface area contributed by atoms with Crippen molar-refractivity contribution in [3.05, 3.63) is 29.6 Å². The third-order valence-electron chi connectivity index (χ3n) is 3.14. The van der Waals surface area contributed by atoms with Crippen molar-refractivity contribution in [2.45, 2.75) is 12.8 Å². The Balaban J connectivity index is 2.11. The van der Waals surface area contributed by atoms with Crippen LogP contribution in [0, 0.1) is 11.7 Å². The lowest BCUT2D eigenvalue weighted by molar-refractivity contribution is -0.120. The van der Waals surface area contributed by atoms with Crippen molar-refractivity contribution in [1.29, 1.82) is 0 Å². The summed E-state index contributed by atoms with van der Waals surface area (Å²) < 4.78 is 13.5. The van der Waals surface area contributed by atoms with Gasteiger partial charge in [-0.05, 0) is 37.6 Å². The SMILES string of the molecule is O=C(O)c1ccc(F)c(NC(=O)[C@H]2CCCNC2)c1. The van der Waals surface area contributed by atoms with Gasteiger partial charge in [0.15, 0.2) is 0 Å². The molecule has 1 heterocycles. The molecule has 0 aromatic heterocycles. The fourth-order valence-electron chi connectivity index (χ4n) is 2.06. The highest BCUT2D eigenvalue weighted by Gasteiger charge is 2.22. The lowest BCUT2D eigenvalue weighted by Gasteiger charge is -2.22. The normalized spacial score (nSPS) is 18.9. The maximum absolute atomic E-state index is 13.5. The van der Waals surface area contributed by atoms with Crippen LogP contribution < -0.4 is 10.6 Å². The molecule has 1 fully saturated rings. The monoisotopic (exact) mass is 266 g/mol. The first kappa shape index (κ1) is 13.5. The number of amides is 1. The van der Waals surface area contributed by atoms with Crippen molar-refractivity contribution in [2.75, 3.05) is 18.4 Å². The van der Waals surface area contributed by atoms with Crippen molar-refractivity contribution in [2.24, 2.45) is 5.92 Å². The van der Waals surface area contributed by atoms with Crippen LogP contribution in [0.4, 0.5) is 10.1 Å². The van der Waals surface area contributed by atoms with Crippen LogP contribution in [0.25, 0.3) is 0 Å². The Labute approximate surface area is 109 Å². The summed E-state index contributed by atoms with van der Waals surface area (Å²) in [4.78, 5) is 22.7. The van der Waals surface area contributed by atoms with E-state index in [0.29, 0.717) is 6.54 Å². The number of hydrogen-bond acceptors (Lipinski definition) is 3. The Kier molecular flexibility index (Phi) is 4.11. The summed E-state index contributed by atoms with van der Waals surface area (Å²) in [6.45, 7) is 1.44. The van der Waals surface area contributed by atoms with E-state index in [1.807, 2.05) is 0 Å². The Morgan fingerprint density at radius 3 is 2.84 bits per heavy atom. The molecule has 0 bridgehead atoms. The van der Waals surface area contributed by atoms with Crippen LogP contribution in [0.5, 0.6) is 0 Å². The Bertz CT molecular complexity index is 499. The van der Waals surface area contributed by atoms with Crippen molar-refractivity contribution in [1.82, 2.24) is 5.32 Å². The van der Waals surface area contributed by atoms with Gasteiger partial charge in [-0.1, -0.05) is 0 Å². The van der Waals surface area contributed by atoms with Gasteiger partial charge in [-0.2, -0.15) is 0 Å². The first-order chi connectivity index (χ1) is 9.08. The van der Waals surface area contributed by atoms with Gasteiger partial charge in [0.1, 0.15) is 5.82 Å². The molecule has 2 rings (SSSR count). The van der Waals surface area contributed by atoms with E-state index in [-0.39, 0.29) is 23.1 Å². The summed E-state index contributed by atoms with van der Waals surface area (Å²) in [5.41, 5.74) is -0.144. The summed E-state index contributed by atoms with van der Waals surface area (Å²) in [6, 6.07) is 3.33. The number of anilines is 1. The van der Waals surface area contributed by atoms with E-state index in [1.165, 1.54) is 0 Å². The minimum atomic E-state index is -1.16. The van der Waals surface area contributed by atoms with Crippen LogP contribution in [-0.4, -0.2) is 30.1 Å². The second-order valence-electron chi connectivity index (χ2n) is 4.53. The molecule has 19 heavy (non-hydrogen) atoms. The number of rotatable bonds is 3. The van der Waals surface area contributed by atoms with Gasteiger partial charge in [-0.25, -0.2) is 9.18 Å². The van der Waals surface area contributed by atoms with Gasteiger partial charge in [-0.15, -0.1) is 0 Å². The van der Waals surface area contributed by atoms with Crippen molar-refractivity contribution in [3.63, 3.8) is 0 Å². The van der Waals surface area contributed by atoms with E-state index >= 15 is 0 Å².